The summed E-state index contributed by atoms with van der Waals surface area (Å²) in [4.78, 5) is 9.70. The van der Waals surface area contributed by atoms with Crippen LogP contribution in [0, 0.1) is 15.9 Å². The fourth-order valence-corrected chi connectivity index (χ4v) is 1.10. The number of nitro groups is 1. The molecule has 0 spiro atoms. The molecular weight excluding hydrogens is 199 g/mol. The van der Waals surface area contributed by atoms with Gasteiger partial charge in [0.15, 0.2) is 0 Å². The highest BCUT2D eigenvalue weighted by molar-refractivity contribution is 5.56. The Balaban J connectivity index is 3.13. The first-order valence-corrected chi connectivity index (χ1v) is 4.35. The lowest BCUT2D eigenvalue weighted by atomic mass is 10.1. The summed E-state index contributed by atoms with van der Waals surface area (Å²) in [5, 5.41) is 10.4. The van der Waals surface area contributed by atoms with Crippen LogP contribution in [0.2, 0.25) is 0 Å². The molecule has 0 fully saturated rings. The van der Waals surface area contributed by atoms with Gasteiger partial charge in [-0.15, -0.1) is 0 Å². The Morgan fingerprint density at radius 1 is 1.67 bits per heavy atom. The first-order valence-electron chi connectivity index (χ1n) is 4.35. The van der Waals surface area contributed by atoms with E-state index in [1.807, 2.05) is 0 Å². The molecule has 4 nitrogen and oxygen atoms in total. The number of halogens is 1. The highest BCUT2D eigenvalue weighted by Crippen LogP contribution is 2.19. The van der Waals surface area contributed by atoms with Crippen molar-refractivity contribution in [2.24, 2.45) is 5.73 Å². The van der Waals surface area contributed by atoms with E-state index >= 15 is 0 Å². The van der Waals surface area contributed by atoms with Crippen LogP contribution in [0.4, 0.5) is 10.1 Å². The zero-order valence-electron chi connectivity index (χ0n) is 8.24. The van der Waals surface area contributed by atoms with Gasteiger partial charge in [0.2, 0.25) is 5.82 Å². The molecule has 0 saturated carbocycles. The molecule has 2 N–H and O–H groups in total. The summed E-state index contributed by atoms with van der Waals surface area (Å²) in [6.07, 6.45) is 1.69. The Morgan fingerprint density at radius 2 is 2.33 bits per heavy atom. The van der Waals surface area contributed by atoms with Crippen molar-refractivity contribution in [3.63, 3.8) is 0 Å². The van der Waals surface area contributed by atoms with Gasteiger partial charge >= 0.3 is 5.69 Å². The lowest BCUT2D eigenvalue weighted by Crippen LogP contribution is -1.99. The lowest BCUT2D eigenvalue weighted by Gasteiger charge is -1.98. The van der Waals surface area contributed by atoms with Gasteiger partial charge in [-0.25, -0.2) is 0 Å². The smallest absolute Gasteiger partial charge is 0.305 e. The number of nitrogens with zero attached hydrogens (tertiary/aromatic N) is 1. The third-order valence-corrected chi connectivity index (χ3v) is 1.90. The van der Waals surface area contributed by atoms with Gasteiger partial charge in [-0.2, -0.15) is 4.39 Å². The molecule has 0 saturated heterocycles. The van der Waals surface area contributed by atoms with Gasteiger partial charge in [0, 0.05) is 12.6 Å². The topological polar surface area (TPSA) is 69.2 Å². The van der Waals surface area contributed by atoms with Gasteiger partial charge in [0.05, 0.1) is 4.92 Å². The standard InChI is InChI=1S/C10H11FN2O2/c1-7(6-12)4-8-2-3-9(11)10(5-8)13(14)15/h2-5H,6,12H2,1H3/b7-4-. The third-order valence-electron chi connectivity index (χ3n) is 1.90. The SMILES string of the molecule is C/C(=C/c1ccc(F)c([N+](=O)[O-])c1)CN. The maximum absolute atomic E-state index is 13.0. The zero-order chi connectivity index (χ0) is 11.4. The van der Waals surface area contributed by atoms with E-state index in [0.29, 0.717) is 12.1 Å². The highest BCUT2D eigenvalue weighted by Gasteiger charge is 2.13. The molecule has 0 aliphatic carbocycles. The molecule has 1 rings (SSSR count). The van der Waals surface area contributed by atoms with Crippen molar-refractivity contribution in [1.82, 2.24) is 0 Å². The van der Waals surface area contributed by atoms with Crippen LogP contribution in [0.5, 0.6) is 0 Å². The van der Waals surface area contributed by atoms with Crippen molar-refractivity contribution in [3.8, 4) is 0 Å². The highest BCUT2D eigenvalue weighted by atomic mass is 19.1. The van der Waals surface area contributed by atoms with Crippen molar-refractivity contribution >= 4 is 11.8 Å². The predicted octanol–water partition coefficient (Wildman–Crippen LogP) is 2.10. The predicted molar refractivity (Wildman–Crippen MR) is 55.8 cm³/mol. The second-order valence-electron chi connectivity index (χ2n) is 3.16. The van der Waals surface area contributed by atoms with Crippen molar-refractivity contribution < 1.29 is 9.31 Å². The monoisotopic (exact) mass is 210 g/mol. The molecule has 1 aromatic carbocycles. The van der Waals surface area contributed by atoms with E-state index < -0.39 is 16.4 Å². The van der Waals surface area contributed by atoms with Crippen LogP contribution in [0.1, 0.15) is 12.5 Å². The second kappa shape index (κ2) is 4.65. The van der Waals surface area contributed by atoms with Gasteiger partial charge < -0.3 is 5.73 Å². The van der Waals surface area contributed by atoms with E-state index in [-0.39, 0.29) is 0 Å². The van der Waals surface area contributed by atoms with E-state index in [9.17, 15) is 14.5 Å². The van der Waals surface area contributed by atoms with Crippen LogP contribution < -0.4 is 5.73 Å². The number of benzene rings is 1. The summed E-state index contributed by atoms with van der Waals surface area (Å²) in [6.45, 7) is 2.17. The maximum Gasteiger partial charge on any atom is 0.305 e. The van der Waals surface area contributed by atoms with E-state index in [1.165, 1.54) is 12.1 Å². The minimum absolute atomic E-state index is 0.366. The zero-order valence-corrected chi connectivity index (χ0v) is 8.24. The molecule has 15 heavy (non-hydrogen) atoms. The molecule has 0 heterocycles. The van der Waals surface area contributed by atoms with Crippen LogP contribution in [0.3, 0.4) is 0 Å². The second-order valence-corrected chi connectivity index (χ2v) is 3.16. The normalized spacial score (nSPS) is 11.5. The minimum atomic E-state index is -0.831. The van der Waals surface area contributed by atoms with E-state index in [4.69, 9.17) is 5.73 Å². The van der Waals surface area contributed by atoms with Crippen molar-refractivity contribution in [1.29, 1.82) is 0 Å². The molecule has 0 atom stereocenters. The first kappa shape index (κ1) is 11.3. The Morgan fingerprint density at radius 3 is 2.87 bits per heavy atom. The van der Waals surface area contributed by atoms with Crippen LogP contribution in [0.15, 0.2) is 23.8 Å². The molecule has 5 heteroatoms. The quantitative estimate of drug-likeness (QED) is 0.613. The number of hydrogen-bond donors (Lipinski definition) is 1. The molecule has 0 bridgehead atoms. The molecule has 0 aliphatic rings. The molecule has 0 aliphatic heterocycles. The van der Waals surface area contributed by atoms with Crippen molar-refractivity contribution in [2.75, 3.05) is 6.54 Å². The van der Waals surface area contributed by atoms with Crippen LogP contribution in [-0.4, -0.2) is 11.5 Å². The van der Waals surface area contributed by atoms with Crippen LogP contribution >= 0.6 is 0 Å². The van der Waals surface area contributed by atoms with Crippen molar-refractivity contribution in [2.45, 2.75) is 6.92 Å². The Bertz CT molecular complexity index is 416. The average molecular weight is 210 g/mol. The third kappa shape index (κ3) is 2.85. The summed E-state index contributed by atoms with van der Waals surface area (Å²) in [5.74, 6) is -0.831. The Kier molecular flexibility index (Phi) is 3.51. The van der Waals surface area contributed by atoms with Gasteiger partial charge in [-0.05, 0) is 18.6 Å². The first-order chi connectivity index (χ1) is 7.04. The molecule has 0 radical (unpaired) electrons. The van der Waals surface area contributed by atoms with Gasteiger partial charge in [0.25, 0.3) is 0 Å². The summed E-state index contributed by atoms with van der Waals surface area (Å²) in [5.41, 5.74) is 6.30. The molecule has 80 valence electrons. The van der Waals surface area contributed by atoms with E-state index in [2.05, 4.69) is 0 Å². The van der Waals surface area contributed by atoms with Crippen LogP contribution in [0.25, 0.3) is 6.08 Å². The summed E-state index contributed by atoms with van der Waals surface area (Å²) >= 11 is 0. The average Bonchev–Trinajstić information content (AvgIpc) is 2.20. The molecule has 0 aromatic heterocycles. The fraction of sp³-hybridized carbons (Fsp3) is 0.200. The molecule has 1 aromatic rings. The van der Waals surface area contributed by atoms with Gasteiger partial charge in [0.1, 0.15) is 0 Å². The largest absolute Gasteiger partial charge is 0.327 e. The maximum atomic E-state index is 13.0. The fourth-order valence-electron chi connectivity index (χ4n) is 1.10. The summed E-state index contributed by atoms with van der Waals surface area (Å²) < 4.78 is 13.0. The molecular formula is C10H11FN2O2. The lowest BCUT2D eigenvalue weighted by molar-refractivity contribution is -0.387. The minimum Gasteiger partial charge on any atom is -0.327 e. The van der Waals surface area contributed by atoms with Crippen LogP contribution in [-0.2, 0) is 0 Å². The molecule has 0 amide bonds. The summed E-state index contributed by atoms with van der Waals surface area (Å²) in [7, 11) is 0. The van der Waals surface area contributed by atoms with E-state index in [0.717, 1.165) is 11.6 Å². The number of nitrogens with two attached hydrogens (primary N) is 1. The Labute approximate surface area is 86.4 Å². The number of nitro benzene ring substituents is 1. The molecule has 0 unspecified atom stereocenters. The van der Waals surface area contributed by atoms with Crippen molar-refractivity contribution in [3.05, 3.63) is 45.3 Å². The van der Waals surface area contributed by atoms with Gasteiger partial charge in [-0.3, -0.25) is 10.1 Å². The number of hydrogen-bond acceptors (Lipinski definition) is 3. The Hall–Kier alpha value is -1.75. The van der Waals surface area contributed by atoms with Gasteiger partial charge in [-0.1, -0.05) is 17.7 Å². The summed E-state index contributed by atoms with van der Waals surface area (Å²) in [6, 6.07) is 3.74. The van der Waals surface area contributed by atoms with E-state index in [1.54, 1.807) is 13.0 Å². The number of rotatable bonds is 3.